The molecule has 1 amide bonds. The number of fused-ring (bicyclic) bond motifs is 1. The predicted octanol–water partition coefficient (Wildman–Crippen LogP) is 2.59. The molecule has 2 N–H and O–H groups in total. The lowest BCUT2D eigenvalue weighted by Crippen LogP contribution is -2.53. The van der Waals surface area contributed by atoms with Crippen LogP contribution in [-0.2, 0) is 11.8 Å². The van der Waals surface area contributed by atoms with Crippen LogP contribution in [0.15, 0.2) is 28.6 Å². The molecule has 4 aromatic heterocycles. The smallest absolute Gasteiger partial charge is 0.341 e. The van der Waals surface area contributed by atoms with Crippen LogP contribution < -0.4 is 20.4 Å². The maximum Gasteiger partial charge on any atom is 0.341 e. The average Bonchev–Trinajstić information content (AvgIpc) is 3.49. The molecule has 14 heteroatoms. The van der Waals surface area contributed by atoms with Crippen LogP contribution >= 0.6 is 11.3 Å². The zero-order valence-electron chi connectivity index (χ0n) is 20.8. The summed E-state index contributed by atoms with van der Waals surface area (Å²) in [7, 11) is 1.72. The number of ether oxygens (including phenoxy) is 1. The maximum absolute atomic E-state index is 15.5. The Bertz CT molecular complexity index is 1610. The van der Waals surface area contributed by atoms with Crippen molar-refractivity contribution < 1.29 is 23.8 Å². The molecule has 198 valence electrons. The number of nitrogens with one attached hydrogen (secondary N) is 1. The number of aromatic nitrogens is 5. The molecule has 0 radical (unpaired) electrons. The van der Waals surface area contributed by atoms with Gasteiger partial charge in [-0.2, -0.15) is 5.10 Å². The van der Waals surface area contributed by atoms with Crippen molar-refractivity contribution in [3.05, 3.63) is 51.0 Å². The summed E-state index contributed by atoms with van der Waals surface area (Å²) in [6.07, 6.45) is 3.52. The van der Waals surface area contributed by atoms with Crippen LogP contribution in [0.5, 0.6) is 5.88 Å². The van der Waals surface area contributed by atoms with Crippen LogP contribution in [0.4, 0.5) is 16.0 Å². The highest BCUT2D eigenvalue weighted by Crippen LogP contribution is 2.32. The molecule has 0 unspecified atom stereocenters. The number of carbonyl (C=O) groups is 2. The lowest BCUT2D eigenvalue weighted by molar-refractivity contribution is -0.120. The van der Waals surface area contributed by atoms with Gasteiger partial charge in [0.15, 0.2) is 28.2 Å². The first-order valence-corrected chi connectivity index (χ1v) is 12.7. The molecule has 38 heavy (non-hydrogen) atoms. The summed E-state index contributed by atoms with van der Waals surface area (Å²) in [6, 6.07) is 1.64. The van der Waals surface area contributed by atoms with Gasteiger partial charge in [-0.3, -0.25) is 14.2 Å². The quantitative estimate of drug-likeness (QED) is 0.344. The number of aryl methyl sites for hydroxylation is 2. The third-order valence-corrected chi connectivity index (χ3v) is 7.01. The highest BCUT2D eigenvalue weighted by Gasteiger charge is 2.36. The number of halogens is 1. The van der Waals surface area contributed by atoms with Crippen LogP contribution in [0.25, 0.3) is 16.2 Å². The van der Waals surface area contributed by atoms with Gasteiger partial charge in [-0.25, -0.2) is 23.8 Å². The Morgan fingerprint density at radius 3 is 2.76 bits per heavy atom. The Hall–Kier alpha value is -4.33. The molecule has 0 aliphatic carbocycles. The molecule has 0 spiro atoms. The van der Waals surface area contributed by atoms with E-state index in [2.05, 4.69) is 20.4 Å². The molecule has 1 saturated heterocycles. The molecular weight excluding hydrogens is 517 g/mol. The first-order valence-electron chi connectivity index (χ1n) is 11.8. The van der Waals surface area contributed by atoms with E-state index in [0.717, 1.165) is 12.6 Å². The van der Waals surface area contributed by atoms with Gasteiger partial charge in [0, 0.05) is 49.5 Å². The second-order valence-corrected chi connectivity index (χ2v) is 9.74. The van der Waals surface area contributed by atoms with Crippen LogP contribution in [0.3, 0.4) is 0 Å². The van der Waals surface area contributed by atoms with Crippen molar-refractivity contribution in [2.75, 3.05) is 29.9 Å². The Morgan fingerprint density at radius 2 is 2.11 bits per heavy atom. The number of carboxylic acid groups (broad SMARTS) is 1. The number of carbonyl (C=O) groups excluding carboxylic acids is 1. The van der Waals surface area contributed by atoms with E-state index in [1.807, 2.05) is 6.92 Å². The fraction of sp³-hybridized carbons (Fsp3) is 0.333. The summed E-state index contributed by atoms with van der Waals surface area (Å²) in [4.78, 5) is 47.6. The molecule has 5 rings (SSSR count). The average molecular weight is 542 g/mol. The summed E-state index contributed by atoms with van der Waals surface area (Å²) < 4.78 is 24.0. The van der Waals surface area contributed by atoms with E-state index in [-0.39, 0.29) is 41.4 Å². The summed E-state index contributed by atoms with van der Waals surface area (Å²) >= 11 is 1.21. The van der Waals surface area contributed by atoms with Crippen LogP contribution in [0.1, 0.15) is 29.3 Å². The van der Waals surface area contributed by atoms with E-state index >= 15 is 4.39 Å². The van der Waals surface area contributed by atoms with Gasteiger partial charge in [0.2, 0.25) is 17.2 Å². The largest absolute Gasteiger partial charge is 0.478 e. The Balaban J connectivity index is 1.42. The Kier molecular flexibility index (Phi) is 6.57. The van der Waals surface area contributed by atoms with Crippen molar-refractivity contribution in [2.24, 2.45) is 13.0 Å². The molecule has 1 fully saturated rings. The van der Waals surface area contributed by atoms with Crippen molar-refractivity contribution >= 4 is 45.9 Å². The highest BCUT2D eigenvalue weighted by atomic mass is 32.1. The van der Waals surface area contributed by atoms with E-state index in [1.165, 1.54) is 33.7 Å². The fourth-order valence-electron chi connectivity index (χ4n) is 4.22. The molecule has 0 atom stereocenters. The number of anilines is 2. The second-order valence-electron chi connectivity index (χ2n) is 8.87. The zero-order chi connectivity index (χ0) is 27.1. The highest BCUT2D eigenvalue weighted by molar-refractivity contribution is 7.12. The number of rotatable bonds is 8. The molecule has 0 bridgehead atoms. The fourth-order valence-corrected chi connectivity index (χ4v) is 4.84. The van der Waals surface area contributed by atoms with Gasteiger partial charge in [-0.15, -0.1) is 11.3 Å². The molecule has 1 aliphatic heterocycles. The van der Waals surface area contributed by atoms with Gasteiger partial charge < -0.3 is 20.1 Å². The Labute approximate surface area is 219 Å². The third kappa shape index (κ3) is 4.36. The topological polar surface area (TPSA) is 144 Å². The van der Waals surface area contributed by atoms with Gasteiger partial charge in [0.05, 0.1) is 17.9 Å². The Morgan fingerprint density at radius 1 is 1.34 bits per heavy atom. The van der Waals surface area contributed by atoms with Gasteiger partial charge in [-0.1, -0.05) is 6.92 Å². The number of nitrogens with zero attached hydrogens (tertiary/aromatic N) is 6. The number of pyridine rings is 2. The maximum atomic E-state index is 15.5. The van der Waals surface area contributed by atoms with Crippen molar-refractivity contribution in [3.63, 3.8) is 0 Å². The van der Waals surface area contributed by atoms with Crippen LogP contribution in [-0.4, -0.2) is 61.0 Å². The van der Waals surface area contributed by atoms with E-state index in [4.69, 9.17) is 4.74 Å². The molecule has 4 aromatic rings. The van der Waals surface area contributed by atoms with E-state index < -0.39 is 28.7 Å². The minimum Gasteiger partial charge on any atom is -0.478 e. The summed E-state index contributed by atoms with van der Waals surface area (Å²) in [5.41, 5.74) is -1.27. The zero-order valence-corrected chi connectivity index (χ0v) is 21.6. The standard InChI is InChI=1S/C24H24FN7O5S/c1-4-6-37-16-8-15(29-30(16)3)27-22(34)13-9-31(10-13)21-18(25)12(2)17-19(33)14(23(35)36)11-32(20(17)28-21)24-26-5-7-38-24/h5,7-8,11,13H,4,6,9-10H2,1-3H3,(H,35,36)(H,27,29,34). The molecular formula is C24H24FN7O5S. The van der Waals surface area contributed by atoms with Crippen LogP contribution in [0.2, 0.25) is 0 Å². The van der Waals surface area contributed by atoms with Gasteiger partial charge in [0.25, 0.3) is 0 Å². The van der Waals surface area contributed by atoms with Crippen molar-refractivity contribution in [3.8, 4) is 11.0 Å². The van der Waals surface area contributed by atoms with Crippen LogP contribution in [0, 0.1) is 18.7 Å². The normalized spacial score (nSPS) is 13.5. The molecule has 1 aliphatic rings. The van der Waals surface area contributed by atoms with E-state index in [1.54, 1.807) is 23.4 Å². The first-order chi connectivity index (χ1) is 18.2. The number of amides is 1. The molecule has 5 heterocycles. The summed E-state index contributed by atoms with van der Waals surface area (Å²) in [6.45, 7) is 4.32. The molecule has 0 saturated carbocycles. The summed E-state index contributed by atoms with van der Waals surface area (Å²) in [5.74, 6) is -2.03. The minimum atomic E-state index is -1.43. The minimum absolute atomic E-state index is 0.0237. The SMILES string of the molecule is CCCOc1cc(NC(=O)C2CN(c3nc4c(c(C)c3F)c(=O)c(C(=O)O)cn4-c3nccs3)C2)nn1C. The van der Waals surface area contributed by atoms with Gasteiger partial charge >= 0.3 is 5.97 Å². The number of hydrogen-bond acceptors (Lipinski definition) is 9. The van der Waals surface area contributed by atoms with Crippen molar-refractivity contribution in [2.45, 2.75) is 20.3 Å². The molecule has 0 aromatic carbocycles. The number of hydrogen-bond donors (Lipinski definition) is 2. The lowest BCUT2D eigenvalue weighted by atomic mass is 9.98. The first kappa shape index (κ1) is 25.3. The molecule has 12 nitrogen and oxygen atoms in total. The monoisotopic (exact) mass is 541 g/mol. The van der Waals surface area contributed by atoms with Gasteiger partial charge in [-0.05, 0) is 13.3 Å². The van der Waals surface area contributed by atoms with Gasteiger partial charge in [0.1, 0.15) is 5.56 Å². The number of aromatic carboxylic acids is 1. The number of thiazole rings is 1. The van der Waals surface area contributed by atoms with E-state index in [0.29, 0.717) is 23.4 Å². The summed E-state index contributed by atoms with van der Waals surface area (Å²) in [5, 5.41) is 18.5. The lowest BCUT2D eigenvalue weighted by Gasteiger charge is -2.39. The van der Waals surface area contributed by atoms with E-state index in [9.17, 15) is 19.5 Å². The predicted molar refractivity (Wildman–Crippen MR) is 138 cm³/mol. The second kappa shape index (κ2) is 9.85. The van der Waals surface area contributed by atoms with Crippen molar-refractivity contribution in [1.29, 1.82) is 0 Å². The number of carboxylic acids is 1. The van der Waals surface area contributed by atoms with Crippen molar-refractivity contribution in [1.82, 2.24) is 24.3 Å². The third-order valence-electron chi connectivity index (χ3n) is 6.24.